The van der Waals surface area contributed by atoms with Crippen LogP contribution >= 0.6 is 11.6 Å². The molecule has 1 aromatic heterocycles. The van der Waals surface area contributed by atoms with Crippen molar-refractivity contribution in [1.82, 2.24) is 9.88 Å². The van der Waals surface area contributed by atoms with Crippen LogP contribution < -0.4 is 9.80 Å². The molecule has 9 heteroatoms. The number of carbonyl (C=O) groups excluding carboxylic acids is 1. The molecule has 1 amide bonds. The molecular weight excluding hydrogens is 405 g/mol. The van der Waals surface area contributed by atoms with E-state index in [9.17, 15) is 18.0 Å². The third-order valence-corrected chi connectivity index (χ3v) is 5.42. The van der Waals surface area contributed by atoms with Gasteiger partial charge in [0.1, 0.15) is 5.82 Å². The molecule has 29 heavy (non-hydrogen) atoms. The van der Waals surface area contributed by atoms with Crippen molar-refractivity contribution in [1.29, 1.82) is 0 Å². The van der Waals surface area contributed by atoms with Crippen LogP contribution in [0.25, 0.3) is 0 Å². The number of amides is 1. The average molecular weight is 427 g/mol. The van der Waals surface area contributed by atoms with Crippen LogP contribution in [0, 0.1) is 0 Å². The molecule has 1 aliphatic heterocycles. The molecule has 1 fully saturated rings. The minimum absolute atomic E-state index is 0.0182. The molecule has 2 heterocycles. The molecule has 0 bridgehead atoms. The number of rotatable bonds is 4. The van der Waals surface area contributed by atoms with E-state index in [1.54, 1.807) is 11.9 Å². The van der Waals surface area contributed by atoms with Crippen molar-refractivity contribution in [2.24, 2.45) is 0 Å². The topological polar surface area (TPSA) is 39.7 Å². The fourth-order valence-electron chi connectivity index (χ4n) is 3.35. The highest BCUT2D eigenvalue weighted by Crippen LogP contribution is 2.33. The van der Waals surface area contributed by atoms with Crippen molar-refractivity contribution in [3.63, 3.8) is 0 Å². The third-order valence-electron chi connectivity index (χ3n) is 5.14. The molecule has 1 aliphatic rings. The van der Waals surface area contributed by atoms with Crippen LogP contribution in [0.1, 0.15) is 12.5 Å². The van der Waals surface area contributed by atoms with E-state index in [-0.39, 0.29) is 17.0 Å². The molecule has 156 valence electrons. The Morgan fingerprint density at radius 2 is 1.79 bits per heavy atom. The number of halogens is 4. The first-order chi connectivity index (χ1) is 13.7. The Labute approximate surface area is 172 Å². The van der Waals surface area contributed by atoms with Crippen LogP contribution in [-0.4, -0.2) is 55.1 Å². The molecule has 1 saturated heterocycles. The Kier molecular flexibility index (Phi) is 6.33. The van der Waals surface area contributed by atoms with E-state index >= 15 is 0 Å². The largest absolute Gasteiger partial charge is 0.417 e. The predicted molar refractivity (Wildman–Crippen MR) is 107 cm³/mol. The molecule has 0 radical (unpaired) electrons. The first-order valence-corrected chi connectivity index (χ1v) is 9.60. The summed E-state index contributed by atoms with van der Waals surface area (Å²) in [5.74, 6) is 0.315. The number of carbonyl (C=O) groups is 1. The number of nitrogens with zero attached hydrogens (tertiary/aromatic N) is 4. The minimum atomic E-state index is -4.48. The normalized spacial score (nSPS) is 16.6. The van der Waals surface area contributed by atoms with Gasteiger partial charge in [0, 0.05) is 45.1 Å². The molecule has 0 saturated carbocycles. The summed E-state index contributed by atoms with van der Waals surface area (Å²) < 4.78 is 38.4. The number of piperazine rings is 1. The van der Waals surface area contributed by atoms with E-state index in [1.807, 2.05) is 42.2 Å². The Morgan fingerprint density at radius 3 is 2.34 bits per heavy atom. The molecule has 1 atom stereocenters. The maximum Gasteiger partial charge on any atom is 0.417 e. The molecule has 5 nitrogen and oxygen atoms in total. The zero-order valence-electron chi connectivity index (χ0n) is 16.2. The van der Waals surface area contributed by atoms with Gasteiger partial charge in [0.25, 0.3) is 0 Å². The van der Waals surface area contributed by atoms with Crippen LogP contribution in [-0.2, 0) is 11.0 Å². The van der Waals surface area contributed by atoms with Gasteiger partial charge in [-0.25, -0.2) is 4.98 Å². The SMILES string of the molecule is C[C@H](C(=O)N(C)c1ccccc1)N1CCN(c2ncc(C(F)(F)F)cc2Cl)CC1. The number of aromatic nitrogens is 1. The lowest BCUT2D eigenvalue weighted by atomic mass is 10.2. The third kappa shape index (κ3) is 4.82. The molecule has 3 rings (SSSR count). The van der Waals surface area contributed by atoms with Gasteiger partial charge in [0.15, 0.2) is 0 Å². The summed E-state index contributed by atoms with van der Waals surface area (Å²) in [6, 6.07) is 9.98. The van der Waals surface area contributed by atoms with Gasteiger partial charge in [-0.15, -0.1) is 0 Å². The smallest absolute Gasteiger partial charge is 0.353 e. The Hall–Kier alpha value is -2.32. The van der Waals surface area contributed by atoms with E-state index in [0.29, 0.717) is 32.0 Å². The van der Waals surface area contributed by atoms with E-state index < -0.39 is 11.7 Å². The summed E-state index contributed by atoms with van der Waals surface area (Å²) in [6.07, 6.45) is -3.68. The Bertz CT molecular complexity index is 855. The summed E-state index contributed by atoms with van der Waals surface area (Å²) in [7, 11) is 1.75. The highest BCUT2D eigenvalue weighted by molar-refractivity contribution is 6.33. The fourth-order valence-corrected chi connectivity index (χ4v) is 3.64. The van der Waals surface area contributed by atoms with Crippen LogP contribution in [0.4, 0.5) is 24.7 Å². The van der Waals surface area contributed by atoms with Crippen molar-refractivity contribution in [3.05, 3.63) is 53.2 Å². The number of alkyl halides is 3. The highest BCUT2D eigenvalue weighted by atomic mass is 35.5. The molecule has 0 spiro atoms. The Morgan fingerprint density at radius 1 is 1.17 bits per heavy atom. The number of benzene rings is 1. The van der Waals surface area contributed by atoms with Crippen molar-refractivity contribution in [3.8, 4) is 0 Å². The van der Waals surface area contributed by atoms with Crippen molar-refractivity contribution < 1.29 is 18.0 Å². The van der Waals surface area contributed by atoms with Crippen molar-refractivity contribution >= 4 is 29.0 Å². The number of likely N-dealkylation sites (N-methyl/N-ethyl adjacent to an activating group) is 1. The quantitative estimate of drug-likeness (QED) is 0.742. The maximum absolute atomic E-state index is 12.8. The summed E-state index contributed by atoms with van der Waals surface area (Å²) >= 11 is 6.05. The predicted octanol–water partition coefficient (Wildman–Crippen LogP) is 3.93. The molecule has 0 aliphatic carbocycles. The number of para-hydroxylation sites is 1. The summed E-state index contributed by atoms with van der Waals surface area (Å²) in [6.45, 7) is 4.05. The fraction of sp³-hybridized carbons (Fsp3) is 0.400. The first-order valence-electron chi connectivity index (χ1n) is 9.23. The number of hydrogen-bond donors (Lipinski definition) is 0. The molecule has 0 unspecified atom stereocenters. The van der Waals surface area contributed by atoms with Crippen molar-refractivity contribution in [2.45, 2.75) is 19.1 Å². The van der Waals surface area contributed by atoms with Gasteiger partial charge in [0.2, 0.25) is 5.91 Å². The van der Waals surface area contributed by atoms with Crippen molar-refractivity contribution in [2.75, 3.05) is 43.0 Å². The molecular formula is C20H22ClF3N4O. The second-order valence-electron chi connectivity index (χ2n) is 6.96. The van der Waals surface area contributed by atoms with Gasteiger partial charge < -0.3 is 9.80 Å². The maximum atomic E-state index is 12.8. The first kappa shape index (κ1) is 21.4. The Balaban J connectivity index is 1.62. The van der Waals surface area contributed by atoms with Crippen LogP contribution in [0.5, 0.6) is 0 Å². The second kappa shape index (κ2) is 8.59. The second-order valence-corrected chi connectivity index (χ2v) is 7.37. The summed E-state index contributed by atoms with van der Waals surface area (Å²) in [5, 5.41) is -0.0267. The van der Waals surface area contributed by atoms with Gasteiger partial charge in [-0.1, -0.05) is 29.8 Å². The highest BCUT2D eigenvalue weighted by Gasteiger charge is 2.33. The lowest BCUT2D eigenvalue weighted by Crippen LogP contribution is -2.54. The lowest BCUT2D eigenvalue weighted by molar-refractivity contribution is -0.137. The lowest BCUT2D eigenvalue weighted by Gasteiger charge is -2.39. The number of anilines is 2. The molecule has 1 aromatic carbocycles. The van der Waals surface area contributed by atoms with Crippen LogP contribution in [0.15, 0.2) is 42.6 Å². The summed E-state index contributed by atoms with van der Waals surface area (Å²) in [4.78, 5) is 22.3. The zero-order valence-corrected chi connectivity index (χ0v) is 16.9. The van der Waals surface area contributed by atoms with E-state index in [0.717, 1.165) is 18.0 Å². The van der Waals surface area contributed by atoms with Crippen LogP contribution in [0.2, 0.25) is 5.02 Å². The van der Waals surface area contributed by atoms with Gasteiger partial charge in [0.05, 0.1) is 16.6 Å². The standard InChI is InChI=1S/C20H22ClF3N4O/c1-14(19(29)26(2)16-6-4-3-5-7-16)27-8-10-28(11-9-27)18-17(21)12-15(13-25-18)20(22,23)24/h3-7,12-14H,8-11H2,1-2H3/t14-/m1/s1. The van der Waals surface area contributed by atoms with Gasteiger partial charge >= 0.3 is 6.18 Å². The molecule has 0 N–H and O–H groups in total. The molecule has 2 aromatic rings. The van der Waals surface area contributed by atoms with E-state index in [1.165, 1.54) is 0 Å². The minimum Gasteiger partial charge on any atom is -0.353 e. The van der Waals surface area contributed by atoms with Gasteiger partial charge in [-0.05, 0) is 25.1 Å². The number of hydrogen-bond acceptors (Lipinski definition) is 4. The van der Waals surface area contributed by atoms with Crippen LogP contribution in [0.3, 0.4) is 0 Å². The van der Waals surface area contributed by atoms with E-state index in [4.69, 9.17) is 11.6 Å². The van der Waals surface area contributed by atoms with Gasteiger partial charge in [-0.2, -0.15) is 13.2 Å². The summed E-state index contributed by atoms with van der Waals surface area (Å²) in [5.41, 5.74) is -0.0447. The van der Waals surface area contributed by atoms with Gasteiger partial charge in [-0.3, -0.25) is 9.69 Å². The number of pyridine rings is 1. The zero-order chi connectivity index (χ0) is 21.2. The van der Waals surface area contributed by atoms with E-state index in [2.05, 4.69) is 9.88 Å². The average Bonchev–Trinajstić information content (AvgIpc) is 2.72. The monoisotopic (exact) mass is 426 g/mol.